The summed E-state index contributed by atoms with van der Waals surface area (Å²) in [4.78, 5) is 13.6. The molecule has 1 rings (SSSR count). The van der Waals surface area contributed by atoms with Crippen molar-refractivity contribution in [2.24, 2.45) is 0 Å². The Kier molecular flexibility index (Phi) is 5.36. The van der Waals surface area contributed by atoms with Crippen LogP contribution < -0.4 is 5.32 Å². The molecule has 1 saturated heterocycles. The van der Waals surface area contributed by atoms with E-state index in [0.717, 1.165) is 26.1 Å². The standard InChI is InChI=1S/C11H20N2O2/c1-3-5-12-11(14)9-13-6-7-15-10(4-2)8-13/h3,10H,1,4-9H2,2H3,(H,12,14). The number of morpholine rings is 1. The number of hydrogen-bond donors (Lipinski definition) is 1. The lowest BCUT2D eigenvalue weighted by Crippen LogP contribution is -2.46. The number of ether oxygens (including phenoxy) is 1. The molecule has 1 unspecified atom stereocenters. The smallest absolute Gasteiger partial charge is 0.234 e. The van der Waals surface area contributed by atoms with Gasteiger partial charge in [-0.15, -0.1) is 6.58 Å². The lowest BCUT2D eigenvalue weighted by Gasteiger charge is -2.31. The van der Waals surface area contributed by atoms with Crippen LogP contribution >= 0.6 is 0 Å². The van der Waals surface area contributed by atoms with Gasteiger partial charge in [0, 0.05) is 19.6 Å². The highest BCUT2D eigenvalue weighted by Crippen LogP contribution is 2.07. The number of amides is 1. The predicted molar refractivity (Wildman–Crippen MR) is 59.7 cm³/mol. The van der Waals surface area contributed by atoms with Crippen molar-refractivity contribution in [3.05, 3.63) is 12.7 Å². The van der Waals surface area contributed by atoms with Crippen LogP contribution in [0.5, 0.6) is 0 Å². The maximum Gasteiger partial charge on any atom is 0.234 e. The van der Waals surface area contributed by atoms with Gasteiger partial charge in [-0.2, -0.15) is 0 Å². The number of rotatable bonds is 5. The molecule has 15 heavy (non-hydrogen) atoms. The summed E-state index contributed by atoms with van der Waals surface area (Å²) in [6, 6.07) is 0. The van der Waals surface area contributed by atoms with Gasteiger partial charge < -0.3 is 10.1 Å². The van der Waals surface area contributed by atoms with Crippen LogP contribution in [-0.2, 0) is 9.53 Å². The van der Waals surface area contributed by atoms with E-state index in [2.05, 4.69) is 23.7 Å². The molecule has 0 aromatic rings. The minimum Gasteiger partial charge on any atom is -0.376 e. The summed E-state index contributed by atoms with van der Waals surface area (Å²) < 4.78 is 5.53. The Labute approximate surface area is 91.3 Å². The van der Waals surface area contributed by atoms with E-state index in [1.54, 1.807) is 6.08 Å². The molecule has 0 saturated carbocycles. The Hall–Kier alpha value is -0.870. The minimum atomic E-state index is 0.0617. The van der Waals surface area contributed by atoms with Crippen molar-refractivity contribution in [2.45, 2.75) is 19.4 Å². The lowest BCUT2D eigenvalue weighted by molar-refractivity contribution is -0.124. The third-order valence-corrected chi connectivity index (χ3v) is 2.49. The van der Waals surface area contributed by atoms with E-state index in [9.17, 15) is 4.79 Å². The van der Waals surface area contributed by atoms with E-state index >= 15 is 0 Å². The van der Waals surface area contributed by atoms with Crippen molar-refractivity contribution in [3.8, 4) is 0 Å². The SMILES string of the molecule is C=CCNC(=O)CN1CCOC(CC)C1. The maximum absolute atomic E-state index is 11.4. The molecule has 1 heterocycles. The second-order valence-electron chi connectivity index (χ2n) is 3.73. The Balaban J connectivity index is 2.24. The summed E-state index contributed by atoms with van der Waals surface area (Å²) in [6.07, 6.45) is 2.97. The molecule has 0 aromatic carbocycles. The van der Waals surface area contributed by atoms with Crippen LogP contribution in [0.2, 0.25) is 0 Å². The van der Waals surface area contributed by atoms with Crippen LogP contribution in [0.25, 0.3) is 0 Å². The van der Waals surface area contributed by atoms with E-state index in [-0.39, 0.29) is 12.0 Å². The molecule has 1 fully saturated rings. The van der Waals surface area contributed by atoms with Crippen LogP contribution in [0.15, 0.2) is 12.7 Å². The molecule has 86 valence electrons. The summed E-state index contributed by atoms with van der Waals surface area (Å²) in [6.45, 7) is 9.10. The first-order valence-corrected chi connectivity index (χ1v) is 5.47. The molecule has 1 aliphatic rings. The maximum atomic E-state index is 11.4. The Bertz CT molecular complexity index is 219. The van der Waals surface area contributed by atoms with Crippen molar-refractivity contribution >= 4 is 5.91 Å². The molecule has 0 spiro atoms. The summed E-state index contributed by atoms with van der Waals surface area (Å²) in [5.41, 5.74) is 0. The fraction of sp³-hybridized carbons (Fsp3) is 0.727. The molecular formula is C11H20N2O2. The van der Waals surface area contributed by atoms with Gasteiger partial charge in [-0.25, -0.2) is 0 Å². The third-order valence-electron chi connectivity index (χ3n) is 2.49. The molecule has 0 aromatic heterocycles. The Morgan fingerprint density at radius 1 is 1.73 bits per heavy atom. The normalized spacial score (nSPS) is 22.3. The van der Waals surface area contributed by atoms with Gasteiger partial charge in [-0.1, -0.05) is 13.0 Å². The van der Waals surface area contributed by atoms with Gasteiger partial charge in [0.1, 0.15) is 0 Å². The quantitative estimate of drug-likeness (QED) is 0.671. The van der Waals surface area contributed by atoms with Crippen LogP contribution in [0, 0.1) is 0 Å². The van der Waals surface area contributed by atoms with Crippen molar-refractivity contribution in [1.82, 2.24) is 10.2 Å². The van der Waals surface area contributed by atoms with Gasteiger partial charge in [0.2, 0.25) is 5.91 Å². The minimum absolute atomic E-state index is 0.0617. The van der Waals surface area contributed by atoms with E-state index in [1.807, 2.05) is 0 Å². The fourth-order valence-corrected chi connectivity index (χ4v) is 1.62. The molecular weight excluding hydrogens is 192 g/mol. The van der Waals surface area contributed by atoms with E-state index in [0.29, 0.717) is 13.1 Å². The zero-order chi connectivity index (χ0) is 11.1. The Morgan fingerprint density at radius 3 is 3.20 bits per heavy atom. The fourth-order valence-electron chi connectivity index (χ4n) is 1.62. The molecule has 4 nitrogen and oxygen atoms in total. The first kappa shape index (κ1) is 12.2. The molecule has 1 amide bonds. The van der Waals surface area contributed by atoms with Gasteiger partial charge in [0.15, 0.2) is 0 Å². The first-order valence-electron chi connectivity index (χ1n) is 5.47. The summed E-state index contributed by atoms with van der Waals surface area (Å²) in [5.74, 6) is 0.0617. The molecule has 4 heteroatoms. The first-order chi connectivity index (χ1) is 7.26. The summed E-state index contributed by atoms with van der Waals surface area (Å²) >= 11 is 0. The Morgan fingerprint density at radius 2 is 2.53 bits per heavy atom. The van der Waals surface area contributed by atoms with E-state index in [1.165, 1.54) is 0 Å². The van der Waals surface area contributed by atoms with E-state index in [4.69, 9.17) is 4.74 Å². The molecule has 1 aliphatic heterocycles. The number of hydrogen-bond acceptors (Lipinski definition) is 3. The third kappa shape index (κ3) is 4.44. The topological polar surface area (TPSA) is 41.6 Å². The molecule has 0 radical (unpaired) electrons. The lowest BCUT2D eigenvalue weighted by atomic mass is 10.2. The summed E-state index contributed by atoms with van der Waals surface area (Å²) in [7, 11) is 0. The highest BCUT2D eigenvalue weighted by Gasteiger charge is 2.20. The van der Waals surface area contributed by atoms with Crippen LogP contribution in [0.3, 0.4) is 0 Å². The van der Waals surface area contributed by atoms with Crippen LogP contribution in [0.1, 0.15) is 13.3 Å². The van der Waals surface area contributed by atoms with Crippen LogP contribution in [-0.4, -0.2) is 49.7 Å². The van der Waals surface area contributed by atoms with Crippen molar-refractivity contribution in [3.63, 3.8) is 0 Å². The second kappa shape index (κ2) is 6.58. The molecule has 1 atom stereocenters. The highest BCUT2D eigenvalue weighted by atomic mass is 16.5. The molecule has 1 N–H and O–H groups in total. The average molecular weight is 212 g/mol. The van der Waals surface area contributed by atoms with E-state index < -0.39 is 0 Å². The number of carbonyl (C=O) groups excluding carboxylic acids is 1. The van der Waals surface area contributed by atoms with Crippen molar-refractivity contribution < 1.29 is 9.53 Å². The predicted octanol–water partition coefficient (Wildman–Crippen LogP) is 0.399. The molecule has 0 bridgehead atoms. The zero-order valence-corrected chi connectivity index (χ0v) is 9.37. The number of nitrogens with zero attached hydrogens (tertiary/aromatic N) is 1. The van der Waals surface area contributed by atoms with Gasteiger partial charge in [-0.05, 0) is 6.42 Å². The van der Waals surface area contributed by atoms with Gasteiger partial charge in [0.05, 0.1) is 19.3 Å². The number of carbonyl (C=O) groups is 1. The largest absolute Gasteiger partial charge is 0.376 e. The monoisotopic (exact) mass is 212 g/mol. The average Bonchev–Trinajstić information content (AvgIpc) is 2.26. The number of nitrogens with one attached hydrogen (secondary N) is 1. The van der Waals surface area contributed by atoms with Crippen molar-refractivity contribution in [1.29, 1.82) is 0 Å². The van der Waals surface area contributed by atoms with Crippen molar-refractivity contribution in [2.75, 3.05) is 32.8 Å². The molecule has 0 aliphatic carbocycles. The van der Waals surface area contributed by atoms with Gasteiger partial charge >= 0.3 is 0 Å². The zero-order valence-electron chi connectivity index (χ0n) is 9.37. The van der Waals surface area contributed by atoms with Crippen LogP contribution in [0.4, 0.5) is 0 Å². The summed E-state index contributed by atoms with van der Waals surface area (Å²) in [5, 5.41) is 2.77. The van der Waals surface area contributed by atoms with Gasteiger partial charge in [0.25, 0.3) is 0 Å². The second-order valence-corrected chi connectivity index (χ2v) is 3.73. The highest BCUT2D eigenvalue weighted by molar-refractivity contribution is 5.78. The van der Waals surface area contributed by atoms with Gasteiger partial charge in [-0.3, -0.25) is 9.69 Å².